The summed E-state index contributed by atoms with van der Waals surface area (Å²) < 4.78 is 25.4. The number of nitrogens with one attached hydrogen (secondary N) is 1. The van der Waals surface area contributed by atoms with E-state index in [9.17, 15) is 13.2 Å². The highest BCUT2D eigenvalue weighted by Crippen LogP contribution is 2.22. The van der Waals surface area contributed by atoms with Crippen LogP contribution in [-0.4, -0.2) is 25.6 Å². The van der Waals surface area contributed by atoms with Crippen molar-refractivity contribution < 1.29 is 13.2 Å². The smallest absolute Gasteiger partial charge is 0.238 e. The van der Waals surface area contributed by atoms with Gasteiger partial charge in [-0.05, 0) is 45.2 Å². The van der Waals surface area contributed by atoms with E-state index in [0.717, 1.165) is 31.2 Å². The maximum absolute atomic E-state index is 12.7. The first-order valence-electron chi connectivity index (χ1n) is 7.94. The van der Waals surface area contributed by atoms with Gasteiger partial charge in [0.25, 0.3) is 0 Å². The predicted molar refractivity (Wildman–Crippen MR) is 87.6 cm³/mol. The van der Waals surface area contributed by atoms with Crippen molar-refractivity contribution >= 4 is 15.7 Å². The zero-order valence-corrected chi connectivity index (χ0v) is 14.4. The van der Waals surface area contributed by atoms with Gasteiger partial charge in [-0.25, -0.2) is 8.42 Å². The van der Waals surface area contributed by atoms with Crippen LogP contribution in [-0.2, 0) is 14.6 Å². The van der Waals surface area contributed by atoms with Crippen LogP contribution in [0.2, 0.25) is 0 Å². The molecule has 0 saturated heterocycles. The van der Waals surface area contributed by atoms with Gasteiger partial charge in [-0.2, -0.15) is 0 Å². The number of amides is 1. The first kappa shape index (κ1) is 17.0. The molecule has 1 aliphatic rings. The minimum atomic E-state index is -3.65. The van der Waals surface area contributed by atoms with E-state index in [2.05, 4.69) is 5.32 Å². The Morgan fingerprint density at radius 1 is 1.18 bits per heavy atom. The second kappa shape index (κ2) is 6.82. The molecule has 5 heteroatoms. The molecule has 22 heavy (non-hydrogen) atoms. The summed E-state index contributed by atoms with van der Waals surface area (Å²) in [5.41, 5.74) is 1.70. The Labute approximate surface area is 133 Å². The molecule has 0 radical (unpaired) electrons. The first-order chi connectivity index (χ1) is 10.3. The van der Waals surface area contributed by atoms with E-state index >= 15 is 0 Å². The lowest BCUT2D eigenvalue weighted by atomic mass is 9.95. The van der Waals surface area contributed by atoms with Gasteiger partial charge >= 0.3 is 0 Å². The van der Waals surface area contributed by atoms with Gasteiger partial charge in [0.05, 0.1) is 4.90 Å². The van der Waals surface area contributed by atoms with Gasteiger partial charge in [-0.1, -0.05) is 37.0 Å². The minimum absolute atomic E-state index is 0.123. The summed E-state index contributed by atoms with van der Waals surface area (Å²) in [7, 11) is -3.65. The number of benzene rings is 1. The molecule has 1 N–H and O–H groups in total. The van der Waals surface area contributed by atoms with E-state index in [1.807, 2.05) is 13.0 Å². The number of carbonyl (C=O) groups is 1. The van der Waals surface area contributed by atoms with Gasteiger partial charge in [0.2, 0.25) is 5.91 Å². The molecule has 1 aliphatic carbocycles. The third-order valence-electron chi connectivity index (χ3n) is 4.42. The van der Waals surface area contributed by atoms with E-state index in [1.165, 1.54) is 13.3 Å². The molecular formula is C17H25NO3S. The van der Waals surface area contributed by atoms with Crippen LogP contribution < -0.4 is 5.32 Å². The fourth-order valence-electron chi connectivity index (χ4n) is 3.02. The lowest BCUT2D eigenvalue weighted by molar-refractivity contribution is -0.121. The highest BCUT2D eigenvalue weighted by molar-refractivity contribution is 7.92. The largest absolute Gasteiger partial charge is 0.352 e. The molecular weight excluding hydrogens is 298 g/mol. The second-order valence-electron chi connectivity index (χ2n) is 6.30. The number of rotatable bonds is 4. The van der Waals surface area contributed by atoms with Crippen molar-refractivity contribution in [3.8, 4) is 0 Å². The number of sulfone groups is 1. The van der Waals surface area contributed by atoms with E-state index in [-0.39, 0.29) is 16.8 Å². The summed E-state index contributed by atoms with van der Waals surface area (Å²) in [5.74, 6) is -0.383. The number of hydrogen-bond donors (Lipinski definition) is 1. The minimum Gasteiger partial charge on any atom is -0.352 e. The molecule has 1 atom stereocenters. The van der Waals surface area contributed by atoms with Crippen molar-refractivity contribution in [2.45, 2.75) is 69.1 Å². The van der Waals surface area contributed by atoms with Crippen LogP contribution in [0.15, 0.2) is 23.1 Å². The topological polar surface area (TPSA) is 63.2 Å². The number of carbonyl (C=O) groups excluding carboxylic acids is 1. The van der Waals surface area contributed by atoms with Crippen molar-refractivity contribution in [1.29, 1.82) is 0 Å². The third-order valence-corrected chi connectivity index (χ3v) is 6.64. The molecule has 1 aromatic rings. The molecule has 0 aromatic heterocycles. The van der Waals surface area contributed by atoms with E-state index < -0.39 is 15.1 Å². The van der Waals surface area contributed by atoms with Crippen molar-refractivity contribution in [3.63, 3.8) is 0 Å². The Bertz CT molecular complexity index is 646. The van der Waals surface area contributed by atoms with Gasteiger partial charge in [0.15, 0.2) is 9.84 Å². The predicted octanol–water partition coefficient (Wildman–Crippen LogP) is 2.91. The summed E-state index contributed by atoms with van der Waals surface area (Å²) in [6.45, 7) is 5.17. The summed E-state index contributed by atoms with van der Waals surface area (Å²) in [6.07, 6.45) is 5.29. The van der Waals surface area contributed by atoms with E-state index in [1.54, 1.807) is 19.1 Å². The fourth-order valence-corrected chi connectivity index (χ4v) is 4.51. The zero-order valence-electron chi connectivity index (χ0n) is 13.6. The van der Waals surface area contributed by atoms with Gasteiger partial charge < -0.3 is 5.32 Å². The molecule has 1 unspecified atom stereocenters. The summed E-state index contributed by atoms with van der Waals surface area (Å²) >= 11 is 0. The molecule has 2 rings (SSSR count). The van der Waals surface area contributed by atoms with Crippen molar-refractivity contribution in [1.82, 2.24) is 5.32 Å². The average Bonchev–Trinajstić information content (AvgIpc) is 2.47. The summed E-state index contributed by atoms with van der Waals surface area (Å²) in [6, 6.07) is 5.33. The van der Waals surface area contributed by atoms with E-state index in [0.29, 0.717) is 5.56 Å². The Morgan fingerprint density at radius 2 is 1.82 bits per heavy atom. The normalized spacial score (nSPS) is 18.0. The highest BCUT2D eigenvalue weighted by atomic mass is 32.2. The van der Waals surface area contributed by atoms with Crippen LogP contribution >= 0.6 is 0 Å². The van der Waals surface area contributed by atoms with Crippen molar-refractivity contribution in [2.24, 2.45) is 0 Å². The lowest BCUT2D eigenvalue weighted by Crippen LogP contribution is -2.44. The van der Waals surface area contributed by atoms with Crippen molar-refractivity contribution in [2.75, 3.05) is 0 Å². The first-order valence-corrected chi connectivity index (χ1v) is 9.48. The standard InChI is InChI=1S/C17H25NO3S/c1-12-9-10-16(13(2)11-12)22(20,21)14(3)17(19)18-15-7-5-4-6-8-15/h9-11,14-15H,4-8H2,1-3H3,(H,18,19). The molecule has 0 aliphatic heterocycles. The van der Waals surface area contributed by atoms with Crippen LogP contribution in [0, 0.1) is 13.8 Å². The van der Waals surface area contributed by atoms with Crippen molar-refractivity contribution in [3.05, 3.63) is 29.3 Å². The zero-order chi connectivity index (χ0) is 16.3. The van der Waals surface area contributed by atoms with E-state index in [4.69, 9.17) is 0 Å². The number of hydrogen-bond acceptors (Lipinski definition) is 3. The molecule has 122 valence electrons. The quantitative estimate of drug-likeness (QED) is 0.926. The fraction of sp³-hybridized carbons (Fsp3) is 0.588. The molecule has 0 bridgehead atoms. The number of aryl methyl sites for hydroxylation is 2. The molecule has 1 aromatic carbocycles. The second-order valence-corrected chi connectivity index (χ2v) is 8.54. The highest BCUT2D eigenvalue weighted by Gasteiger charge is 2.32. The summed E-state index contributed by atoms with van der Waals surface area (Å²) in [5, 5.41) is 1.85. The van der Waals surface area contributed by atoms with Gasteiger partial charge in [0, 0.05) is 6.04 Å². The Morgan fingerprint density at radius 3 is 2.41 bits per heavy atom. The maximum Gasteiger partial charge on any atom is 0.238 e. The Balaban J connectivity index is 2.15. The Kier molecular flexibility index (Phi) is 5.27. The monoisotopic (exact) mass is 323 g/mol. The molecule has 0 spiro atoms. The molecule has 1 amide bonds. The molecule has 4 nitrogen and oxygen atoms in total. The maximum atomic E-state index is 12.7. The van der Waals surface area contributed by atoms with Gasteiger partial charge in [-0.3, -0.25) is 4.79 Å². The van der Waals surface area contributed by atoms with Gasteiger partial charge in [-0.15, -0.1) is 0 Å². The lowest BCUT2D eigenvalue weighted by Gasteiger charge is -2.24. The van der Waals surface area contributed by atoms with Crippen LogP contribution in [0.5, 0.6) is 0 Å². The van der Waals surface area contributed by atoms with Crippen LogP contribution in [0.3, 0.4) is 0 Å². The SMILES string of the molecule is Cc1ccc(S(=O)(=O)C(C)C(=O)NC2CCCCC2)c(C)c1. The van der Waals surface area contributed by atoms with Gasteiger partial charge in [0.1, 0.15) is 5.25 Å². The third kappa shape index (κ3) is 3.69. The Hall–Kier alpha value is -1.36. The average molecular weight is 323 g/mol. The van der Waals surface area contributed by atoms with Crippen LogP contribution in [0.4, 0.5) is 0 Å². The molecule has 0 heterocycles. The molecule has 1 saturated carbocycles. The van der Waals surface area contributed by atoms with Crippen LogP contribution in [0.25, 0.3) is 0 Å². The molecule has 1 fully saturated rings. The summed E-state index contributed by atoms with van der Waals surface area (Å²) in [4.78, 5) is 12.6. The van der Waals surface area contributed by atoms with Crippen LogP contribution in [0.1, 0.15) is 50.2 Å².